The lowest BCUT2D eigenvalue weighted by Crippen LogP contribution is -2.39. The summed E-state index contributed by atoms with van der Waals surface area (Å²) >= 11 is 1.29. The molecule has 1 N–H and O–H groups in total. The largest absolute Gasteiger partial charge is 0.503 e. The Hall–Kier alpha value is -2.68. The summed E-state index contributed by atoms with van der Waals surface area (Å²) in [7, 11) is 1.56. The summed E-state index contributed by atoms with van der Waals surface area (Å²) in [5.74, 6) is -0.740. The van der Waals surface area contributed by atoms with Gasteiger partial charge in [-0.15, -0.1) is 11.3 Å². The maximum atomic E-state index is 13.3. The number of rotatable bonds is 8. The number of amides is 1. The van der Waals surface area contributed by atoms with E-state index in [1.807, 2.05) is 18.2 Å². The van der Waals surface area contributed by atoms with E-state index in [0.29, 0.717) is 35.9 Å². The quantitative estimate of drug-likeness (QED) is 0.633. The van der Waals surface area contributed by atoms with Gasteiger partial charge < -0.3 is 19.5 Å². The van der Waals surface area contributed by atoms with E-state index >= 15 is 0 Å². The molecule has 3 heterocycles. The van der Waals surface area contributed by atoms with Crippen LogP contribution in [0.25, 0.3) is 0 Å². The zero-order valence-electron chi connectivity index (χ0n) is 17.5. The highest BCUT2D eigenvalue weighted by molar-refractivity contribution is 7.12. The molecule has 8 heteroatoms. The first-order valence-corrected chi connectivity index (χ1v) is 11.2. The third kappa shape index (κ3) is 4.37. The van der Waals surface area contributed by atoms with Gasteiger partial charge in [0.2, 0.25) is 5.78 Å². The van der Waals surface area contributed by atoms with Crippen LogP contribution in [0, 0.1) is 0 Å². The Morgan fingerprint density at radius 2 is 1.97 bits per heavy atom. The highest BCUT2D eigenvalue weighted by Crippen LogP contribution is 2.42. The van der Waals surface area contributed by atoms with Gasteiger partial charge in [0.05, 0.1) is 36.8 Å². The predicted molar refractivity (Wildman–Crippen MR) is 118 cm³/mol. The summed E-state index contributed by atoms with van der Waals surface area (Å²) in [6, 6.07) is 10.1. The van der Waals surface area contributed by atoms with Crippen LogP contribution in [0.4, 0.5) is 0 Å². The first kappa shape index (κ1) is 21.5. The first-order chi connectivity index (χ1) is 15.1. The molecule has 1 aromatic heterocycles. The van der Waals surface area contributed by atoms with E-state index in [1.54, 1.807) is 35.6 Å². The van der Waals surface area contributed by atoms with Crippen LogP contribution in [-0.2, 0) is 9.53 Å². The number of aliphatic hydroxyl groups is 1. The minimum absolute atomic E-state index is 0.114. The number of para-hydroxylation sites is 1. The number of thiophene rings is 1. The molecule has 1 atom stereocenters. The van der Waals surface area contributed by atoms with Crippen molar-refractivity contribution in [1.82, 2.24) is 9.80 Å². The van der Waals surface area contributed by atoms with Gasteiger partial charge in [-0.1, -0.05) is 24.3 Å². The van der Waals surface area contributed by atoms with Crippen LogP contribution in [0.15, 0.2) is 53.1 Å². The number of ketones is 1. The highest BCUT2D eigenvalue weighted by atomic mass is 32.1. The normalized spacial score (nSPS) is 19.8. The van der Waals surface area contributed by atoms with Crippen molar-refractivity contribution < 1.29 is 24.2 Å². The maximum absolute atomic E-state index is 13.3. The lowest BCUT2D eigenvalue weighted by molar-refractivity contribution is -0.129. The number of Topliss-reactive ketones (excluding diaryl/α,β-unsaturated/α-hetero) is 1. The van der Waals surface area contributed by atoms with Gasteiger partial charge in [-0.25, -0.2) is 0 Å². The molecule has 0 saturated carbocycles. The zero-order valence-corrected chi connectivity index (χ0v) is 18.3. The number of methoxy groups -OCH3 is 1. The molecule has 2 aromatic rings. The van der Waals surface area contributed by atoms with Gasteiger partial charge in [-0.2, -0.15) is 0 Å². The average molecular weight is 443 g/mol. The molecule has 1 saturated heterocycles. The Kier molecular flexibility index (Phi) is 6.70. The van der Waals surface area contributed by atoms with Crippen molar-refractivity contribution in [2.75, 3.05) is 46.5 Å². The van der Waals surface area contributed by atoms with Crippen molar-refractivity contribution in [2.24, 2.45) is 0 Å². The number of hydrogen-bond acceptors (Lipinski definition) is 7. The van der Waals surface area contributed by atoms with E-state index < -0.39 is 17.7 Å². The van der Waals surface area contributed by atoms with E-state index in [0.717, 1.165) is 26.1 Å². The van der Waals surface area contributed by atoms with Gasteiger partial charge in [-0.05, 0) is 23.9 Å². The summed E-state index contributed by atoms with van der Waals surface area (Å²) in [4.78, 5) is 30.7. The second-order valence-corrected chi connectivity index (χ2v) is 8.47. The Morgan fingerprint density at radius 1 is 1.19 bits per heavy atom. The Balaban J connectivity index is 1.63. The standard InChI is InChI=1S/C23H26N2O5S/c1-29-17-7-3-2-6-16(17)20-19(21(26)18-8-4-15-31-18)22(27)23(28)25(20)10-5-9-24-11-13-30-14-12-24/h2-4,6-8,15,20,27H,5,9-14H2,1H3/t20-/m1/s1. The summed E-state index contributed by atoms with van der Waals surface area (Å²) < 4.78 is 10.9. The number of nitrogens with zero attached hydrogens (tertiary/aromatic N) is 2. The van der Waals surface area contributed by atoms with Crippen LogP contribution in [0.2, 0.25) is 0 Å². The minimum atomic E-state index is -0.692. The van der Waals surface area contributed by atoms with Crippen molar-refractivity contribution in [2.45, 2.75) is 12.5 Å². The topological polar surface area (TPSA) is 79.3 Å². The smallest absolute Gasteiger partial charge is 0.290 e. The van der Waals surface area contributed by atoms with E-state index in [2.05, 4.69) is 4.90 Å². The Morgan fingerprint density at radius 3 is 2.68 bits per heavy atom. The minimum Gasteiger partial charge on any atom is -0.503 e. The van der Waals surface area contributed by atoms with Crippen molar-refractivity contribution in [3.05, 3.63) is 63.6 Å². The Labute approximate surface area is 185 Å². The number of benzene rings is 1. The molecule has 2 aliphatic heterocycles. The molecule has 4 rings (SSSR count). The van der Waals surface area contributed by atoms with Crippen LogP contribution < -0.4 is 4.74 Å². The van der Waals surface area contributed by atoms with Crippen LogP contribution in [0.3, 0.4) is 0 Å². The van der Waals surface area contributed by atoms with E-state index in [1.165, 1.54) is 11.3 Å². The molecule has 31 heavy (non-hydrogen) atoms. The monoisotopic (exact) mass is 442 g/mol. The summed E-state index contributed by atoms with van der Waals surface area (Å²) in [5.41, 5.74) is 0.803. The van der Waals surface area contributed by atoms with E-state index in [-0.39, 0.29) is 11.4 Å². The number of aliphatic hydroxyl groups excluding tert-OH is 1. The van der Waals surface area contributed by atoms with Gasteiger partial charge in [0.15, 0.2) is 5.76 Å². The molecule has 1 amide bonds. The fourth-order valence-electron chi connectivity index (χ4n) is 4.16. The number of morpholine rings is 1. The lowest BCUT2D eigenvalue weighted by atomic mass is 9.94. The van der Waals surface area contributed by atoms with Crippen molar-refractivity contribution in [3.8, 4) is 5.75 Å². The predicted octanol–water partition coefficient (Wildman–Crippen LogP) is 3.06. The second kappa shape index (κ2) is 9.64. The SMILES string of the molecule is COc1ccccc1[C@@H]1C(C(=O)c2cccs2)=C(O)C(=O)N1CCCN1CCOCC1. The van der Waals surface area contributed by atoms with Gasteiger partial charge in [0.1, 0.15) is 5.75 Å². The molecule has 1 fully saturated rings. The highest BCUT2D eigenvalue weighted by Gasteiger charge is 2.44. The molecule has 0 bridgehead atoms. The number of ether oxygens (including phenoxy) is 2. The van der Waals surface area contributed by atoms with Crippen LogP contribution in [-0.4, -0.2) is 73.1 Å². The molecular formula is C23H26N2O5S. The third-order valence-electron chi connectivity index (χ3n) is 5.70. The van der Waals surface area contributed by atoms with Crippen LogP contribution in [0.5, 0.6) is 5.75 Å². The van der Waals surface area contributed by atoms with Crippen molar-refractivity contribution in [1.29, 1.82) is 0 Å². The molecule has 0 unspecified atom stereocenters. The number of hydrogen-bond donors (Lipinski definition) is 1. The van der Waals surface area contributed by atoms with Crippen LogP contribution in [0.1, 0.15) is 27.7 Å². The lowest BCUT2D eigenvalue weighted by Gasteiger charge is -2.30. The van der Waals surface area contributed by atoms with Crippen LogP contribution >= 0.6 is 11.3 Å². The molecule has 0 spiro atoms. The summed E-state index contributed by atoms with van der Waals surface area (Å²) in [5, 5.41) is 12.6. The molecule has 164 valence electrons. The van der Waals surface area contributed by atoms with E-state index in [9.17, 15) is 14.7 Å². The van der Waals surface area contributed by atoms with Gasteiger partial charge in [0.25, 0.3) is 5.91 Å². The fraction of sp³-hybridized carbons (Fsp3) is 0.391. The zero-order chi connectivity index (χ0) is 21.8. The second-order valence-electron chi connectivity index (χ2n) is 7.52. The average Bonchev–Trinajstić information content (AvgIpc) is 3.42. The van der Waals surface area contributed by atoms with Gasteiger partial charge >= 0.3 is 0 Å². The molecule has 0 radical (unpaired) electrons. The first-order valence-electron chi connectivity index (χ1n) is 10.4. The Bertz CT molecular complexity index is 966. The maximum Gasteiger partial charge on any atom is 0.290 e. The molecular weight excluding hydrogens is 416 g/mol. The molecule has 2 aliphatic rings. The summed E-state index contributed by atoms with van der Waals surface area (Å²) in [6.45, 7) is 4.42. The van der Waals surface area contributed by atoms with Crippen molar-refractivity contribution in [3.63, 3.8) is 0 Å². The number of carbonyl (C=O) groups is 2. The third-order valence-corrected chi connectivity index (χ3v) is 6.57. The number of carbonyl (C=O) groups excluding carboxylic acids is 2. The molecule has 0 aliphatic carbocycles. The molecule has 1 aromatic carbocycles. The fourth-order valence-corrected chi connectivity index (χ4v) is 4.84. The van der Waals surface area contributed by atoms with Gasteiger partial charge in [0, 0.05) is 31.7 Å². The molecule has 7 nitrogen and oxygen atoms in total. The summed E-state index contributed by atoms with van der Waals surface area (Å²) in [6.07, 6.45) is 0.727. The van der Waals surface area contributed by atoms with E-state index in [4.69, 9.17) is 9.47 Å². The van der Waals surface area contributed by atoms with Gasteiger partial charge in [-0.3, -0.25) is 14.5 Å². The van der Waals surface area contributed by atoms with Crippen molar-refractivity contribution >= 4 is 23.0 Å².